The Labute approximate surface area is 171 Å². The van der Waals surface area contributed by atoms with Crippen molar-refractivity contribution in [1.82, 2.24) is 0 Å². The Morgan fingerprint density at radius 3 is 2.07 bits per heavy atom. The SMILES string of the molecule is CC(O)Nc1ccccc1Nc1cc(OO)c(N)c2c1C(=O)c1ccccc1C2=O. The number of fused-ring (bicyclic) bond motifs is 2. The Balaban J connectivity index is 1.91. The third kappa shape index (κ3) is 3.14. The van der Waals surface area contributed by atoms with Gasteiger partial charge in [0.15, 0.2) is 17.3 Å². The second-order valence-corrected chi connectivity index (χ2v) is 6.87. The zero-order valence-corrected chi connectivity index (χ0v) is 16.0. The number of ketones is 2. The highest BCUT2D eigenvalue weighted by molar-refractivity contribution is 6.32. The Kier molecular flexibility index (Phi) is 4.86. The molecule has 1 aliphatic carbocycles. The van der Waals surface area contributed by atoms with Crippen molar-refractivity contribution < 1.29 is 24.8 Å². The number of carbonyl (C=O) groups excluding carboxylic acids is 2. The van der Waals surface area contributed by atoms with Crippen LogP contribution in [0.25, 0.3) is 0 Å². The third-order valence-corrected chi connectivity index (χ3v) is 4.86. The second kappa shape index (κ2) is 7.51. The molecule has 0 bridgehead atoms. The number of aliphatic hydroxyl groups excluding tert-OH is 1. The minimum absolute atomic E-state index is 0.0336. The summed E-state index contributed by atoms with van der Waals surface area (Å²) >= 11 is 0. The highest BCUT2D eigenvalue weighted by Crippen LogP contribution is 2.42. The monoisotopic (exact) mass is 405 g/mol. The first-order valence-corrected chi connectivity index (χ1v) is 9.19. The van der Waals surface area contributed by atoms with E-state index in [0.717, 1.165) is 0 Å². The molecule has 0 amide bonds. The molecule has 8 nitrogen and oxygen atoms in total. The minimum atomic E-state index is -0.820. The van der Waals surface area contributed by atoms with Crippen molar-refractivity contribution in [3.63, 3.8) is 0 Å². The van der Waals surface area contributed by atoms with Gasteiger partial charge in [0, 0.05) is 17.2 Å². The summed E-state index contributed by atoms with van der Waals surface area (Å²) in [6, 6.07) is 14.9. The number of nitrogens with one attached hydrogen (secondary N) is 2. The van der Waals surface area contributed by atoms with Crippen LogP contribution in [0.2, 0.25) is 0 Å². The summed E-state index contributed by atoms with van der Waals surface area (Å²) < 4.78 is 0. The number of carbonyl (C=O) groups is 2. The molecule has 3 aromatic rings. The number of hydrogen-bond donors (Lipinski definition) is 5. The van der Waals surface area contributed by atoms with Crippen LogP contribution in [-0.2, 0) is 0 Å². The Hall–Kier alpha value is -3.88. The molecule has 152 valence electrons. The molecule has 0 aliphatic heterocycles. The van der Waals surface area contributed by atoms with Crippen molar-refractivity contribution in [1.29, 1.82) is 0 Å². The van der Waals surface area contributed by atoms with Crippen molar-refractivity contribution in [2.45, 2.75) is 13.2 Å². The first kappa shape index (κ1) is 19.4. The third-order valence-electron chi connectivity index (χ3n) is 4.86. The standard InChI is InChI=1S/C22H19N3O5/c1-11(26)24-14-8-4-5-9-15(14)25-16-10-17(30-29)20(23)19-18(16)21(27)12-6-2-3-7-13(12)22(19)28/h2-11,24-26,29H,23H2,1H3. The van der Waals surface area contributed by atoms with Crippen LogP contribution in [0.3, 0.4) is 0 Å². The van der Waals surface area contributed by atoms with E-state index in [1.165, 1.54) is 6.07 Å². The quantitative estimate of drug-likeness (QED) is 0.148. The maximum absolute atomic E-state index is 13.3. The predicted molar refractivity (Wildman–Crippen MR) is 112 cm³/mol. The maximum Gasteiger partial charge on any atom is 0.196 e. The van der Waals surface area contributed by atoms with Crippen molar-refractivity contribution >= 4 is 34.3 Å². The molecule has 0 aromatic heterocycles. The van der Waals surface area contributed by atoms with Gasteiger partial charge in [-0.15, -0.1) is 0 Å². The van der Waals surface area contributed by atoms with Crippen LogP contribution in [0.1, 0.15) is 38.8 Å². The number of aliphatic hydroxyl groups is 1. The smallest absolute Gasteiger partial charge is 0.196 e. The molecule has 8 heteroatoms. The van der Waals surface area contributed by atoms with E-state index in [0.29, 0.717) is 11.4 Å². The molecule has 1 aliphatic rings. The lowest BCUT2D eigenvalue weighted by Gasteiger charge is -2.24. The largest absolute Gasteiger partial charge is 0.395 e. The molecule has 3 aromatic carbocycles. The summed E-state index contributed by atoms with van der Waals surface area (Å²) in [6.45, 7) is 1.57. The van der Waals surface area contributed by atoms with Gasteiger partial charge in [0.2, 0.25) is 0 Å². The summed E-state index contributed by atoms with van der Waals surface area (Å²) in [6.07, 6.45) is -0.820. The Morgan fingerprint density at radius 2 is 1.47 bits per heavy atom. The van der Waals surface area contributed by atoms with Gasteiger partial charge in [0.25, 0.3) is 0 Å². The number of anilines is 4. The van der Waals surface area contributed by atoms with E-state index in [9.17, 15) is 20.0 Å². The van der Waals surface area contributed by atoms with E-state index in [2.05, 4.69) is 15.5 Å². The van der Waals surface area contributed by atoms with Gasteiger partial charge in [-0.1, -0.05) is 36.4 Å². The van der Waals surface area contributed by atoms with Gasteiger partial charge >= 0.3 is 0 Å². The van der Waals surface area contributed by atoms with Crippen LogP contribution in [0.4, 0.5) is 22.7 Å². The molecule has 30 heavy (non-hydrogen) atoms. The molecule has 1 atom stereocenters. The molecular formula is C22H19N3O5. The number of para-hydroxylation sites is 2. The fourth-order valence-corrected chi connectivity index (χ4v) is 3.56. The second-order valence-electron chi connectivity index (χ2n) is 6.87. The Morgan fingerprint density at radius 1 is 0.900 bits per heavy atom. The Bertz CT molecular complexity index is 1170. The van der Waals surface area contributed by atoms with Gasteiger partial charge in [0.05, 0.1) is 33.9 Å². The normalized spacial score (nSPS) is 13.3. The lowest BCUT2D eigenvalue weighted by atomic mass is 9.82. The van der Waals surface area contributed by atoms with E-state index in [1.807, 2.05) is 0 Å². The summed E-state index contributed by atoms with van der Waals surface area (Å²) in [5.41, 5.74) is 7.82. The van der Waals surface area contributed by atoms with Crippen LogP contribution in [-0.4, -0.2) is 28.2 Å². The molecule has 1 unspecified atom stereocenters. The summed E-state index contributed by atoms with van der Waals surface area (Å²) in [5, 5.41) is 24.9. The lowest BCUT2D eigenvalue weighted by molar-refractivity contribution is -0.136. The molecule has 0 saturated heterocycles. The van der Waals surface area contributed by atoms with Crippen molar-refractivity contribution in [3.8, 4) is 5.75 Å². The summed E-state index contributed by atoms with van der Waals surface area (Å²) in [7, 11) is 0. The number of hydrogen-bond acceptors (Lipinski definition) is 8. The topological polar surface area (TPSA) is 134 Å². The fraction of sp³-hybridized carbons (Fsp3) is 0.0909. The summed E-state index contributed by atoms with van der Waals surface area (Å²) in [5.74, 6) is -0.965. The number of benzene rings is 3. The molecule has 4 rings (SSSR count). The lowest BCUT2D eigenvalue weighted by Crippen LogP contribution is -2.24. The molecule has 0 heterocycles. The van der Waals surface area contributed by atoms with E-state index >= 15 is 0 Å². The zero-order chi connectivity index (χ0) is 21.4. The number of rotatable bonds is 5. The van der Waals surface area contributed by atoms with Gasteiger partial charge in [-0.05, 0) is 19.1 Å². The van der Waals surface area contributed by atoms with Crippen LogP contribution in [0, 0.1) is 0 Å². The highest BCUT2D eigenvalue weighted by atomic mass is 17.1. The van der Waals surface area contributed by atoms with Gasteiger partial charge in [-0.25, -0.2) is 5.26 Å². The first-order valence-electron chi connectivity index (χ1n) is 9.19. The van der Waals surface area contributed by atoms with Gasteiger partial charge < -0.3 is 26.4 Å². The fourth-order valence-electron chi connectivity index (χ4n) is 3.56. The first-order chi connectivity index (χ1) is 14.4. The maximum atomic E-state index is 13.3. The molecular weight excluding hydrogens is 386 g/mol. The highest BCUT2D eigenvalue weighted by Gasteiger charge is 2.35. The van der Waals surface area contributed by atoms with E-state index in [1.54, 1.807) is 55.5 Å². The average molecular weight is 405 g/mol. The molecule has 0 fully saturated rings. The average Bonchev–Trinajstić information content (AvgIpc) is 2.74. The summed E-state index contributed by atoms with van der Waals surface area (Å²) in [4.78, 5) is 30.8. The van der Waals surface area contributed by atoms with Crippen molar-refractivity contribution in [3.05, 3.63) is 76.9 Å². The number of nitrogen functional groups attached to an aromatic ring is 1. The van der Waals surface area contributed by atoms with Crippen molar-refractivity contribution in [2.75, 3.05) is 16.4 Å². The van der Waals surface area contributed by atoms with E-state index in [4.69, 9.17) is 5.73 Å². The molecule has 6 N–H and O–H groups in total. The van der Waals surface area contributed by atoms with Gasteiger partial charge in [-0.3, -0.25) is 9.59 Å². The molecule has 0 spiro atoms. The molecule has 0 saturated carbocycles. The van der Waals surface area contributed by atoms with E-state index in [-0.39, 0.29) is 45.2 Å². The van der Waals surface area contributed by atoms with Crippen LogP contribution < -0.4 is 21.3 Å². The van der Waals surface area contributed by atoms with Gasteiger partial charge in [-0.2, -0.15) is 0 Å². The van der Waals surface area contributed by atoms with Crippen molar-refractivity contribution in [2.24, 2.45) is 0 Å². The minimum Gasteiger partial charge on any atom is -0.395 e. The molecule has 0 radical (unpaired) electrons. The van der Waals surface area contributed by atoms with E-state index < -0.39 is 12.0 Å². The van der Waals surface area contributed by atoms with Crippen LogP contribution in [0.5, 0.6) is 5.75 Å². The van der Waals surface area contributed by atoms with Crippen LogP contribution >= 0.6 is 0 Å². The van der Waals surface area contributed by atoms with Gasteiger partial charge in [0.1, 0.15) is 6.23 Å². The number of nitrogens with two attached hydrogens (primary N) is 1. The predicted octanol–water partition coefficient (Wildman–Crippen LogP) is 3.39. The zero-order valence-electron chi connectivity index (χ0n) is 16.0. The van der Waals surface area contributed by atoms with Crippen LogP contribution in [0.15, 0.2) is 54.6 Å².